The molecular formula is C18H14BrN3O5. The second-order valence-corrected chi connectivity index (χ2v) is 7.00. The molecule has 0 radical (unpaired) electrons. The van der Waals surface area contributed by atoms with Crippen LogP contribution >= 0.6 is 15.9 Å². The Morgan fingerprint density at radius 1 is 1.19 bits per heavy atom. The predicted octanol–water partition coefficient (Wildman–Crippen LogP) is 1.86. The first-order valence-corrected chi connectivity index (χ1v) is 8.97. The minimum atomic E-state index is -1.41. The molecule has 0 aliphatic carbocycles. The predicted molar refractivity (Wildman–Crippen MR) is 97.5 cm³/mol. The molecule has 4 rings (SSSR count). The molecule has 3 aromatic rings. The molecule has 9 heteroatoms. The standard InChI is InChI=1S/C18H14BrN3O5/c19-15-14(25)12-6-10(3-4-13(12)26-18(15,8-23)9-24)17-21-16(22-27-17)11-2-1-5-20-7-11/h1-7,15,23-24H,8-9H2. The van der Waals surface area contributed by atoms with Gasteiger partial charge in [0.2, 0.25) is 5.82 Å². The van der Waals surface area contributed by atoms with E-state index < -0.39 is 23.6 Å². The van der Waals surface area contributed by atoms with Crippen molar-refractivity contribution < 1.29 is 24.3 Å². The molecule has 1 atom stereocenters. The molecule has 0 spiro atoms. The molecule has 1 aromatic carbocycles. The first-order chi connectivity index (χ1) is 13.1. The van der Waals surface area contributed by atoms with Gasteiger partial charge in [-0.05, 0) is 30.3 Å². The molecule has 0 fully saturated rings. The highest BCUT2D eigenvalue weighted by Crippen LogP contribution is 2.38. The average Bonchev–Trinajstić information content (AvgIpc) is 3.21. The summed E-state index contributed by atoms with van der Waals surface area (Å²) in [6.07, 6.45) is 3.27. The maximum Gasteiger partial charge on any atom is 0.258 e. The zero-order chi connectivity index (χ0) is 19.0. The van der Waals surface area contributed by atoms with Gasteiger partial charge in [0, 0.05) is 23.5 Å². The van der Waals surface area contributed by atoms with E-state index in [-0.39, 0.29) is 17.4 Å². The van der Waals surface area contributed by atoms with E-state index >= 15 is 0 Å². The van der Waals surface area contributed by atoms with Crippen LogP contribution in [-0.2, 0) is 0 Å². The molecule has 138 valence electrons. The zero-order valence-electron chi connectivity index (χ0n) is 13.9. The van der Waals surface area contributed by atoms with Crippen LogP contribution in [0, 0.1) is 0 Å². The van der Waals surface area contributed by atoms with E-state index in [1.54, 1.807) is 36.7 Å². The number of rotatable bonds is 4. The summed E-state index contributed by atoms with van der Waals surface area (Å²) in [5.41, 5.74) is 0.145. The summed E-state index contributed by atoms with van der Waals surface area (Å²) < 4.78 is 11.0. The summed E-state index contributed by atoms with van der Waals surface area (Å²) in [7, 11) is 0. The van der Waals surface area contributed by atoms with Crippen molar-refractivity contribution in [3.63, 3.8) is 0 Å². The normalized spacial score (nSPS) is 18.0. The first-order valence-electron chi connectivity index (χ1n) is 8.05. The third-order valence-electron chi connectivity index (χ3n) is 4.38. The Morgan fingerprint density at radius 2 is 2.00 bits per heavy atom. The van der Waals surface area contributed by atoms with Gasteiger partial charge in [0.1, 0.15) is 10.6 Å². The monoisotopic (exact) mass is 431 g/mol. The van der Waals surface area contributed by atoms with E-state index in [9.17, 15) is 15.0 Å². The number of aliphatic hydroxyl groups is 2. The van der Waals surface area contributed by atoms with Gasteiger partial charge in [-0.15, -0.1) is 0 Å². The van der Waals surface area contributed by atoms with Crippen molar-refractivity contribution in [1.29, 1.82) is 0 Å². The van der Waals surface area contributed by atoms with Crippen LogP contribution in [0.2, 0.25) is 0 Å². The van der Waals surface area contributed by atoms with E-state index in [1.807, 2.05) is 6.07 Å². The lowest BCUT2D eigenvalue weighted by atomic mass is 9.90. The number of benzene rings is 1. The number of aromatic nitrogens is 3. The second kappa shape index (κ2) is 6.84. The summed E-state index contributed by atoms with van der Waals surface area (Å²) in [4.78, 5) is 20.2. The molecule has 0 amide bonds. The Labute approximate surface area is 162 Å². The molecule has 3 heterocycles. The molecule has 2 aromatic heterocycles. The number of nitrogens with zero attached hydrogens (tertiary/aromatic N) is 3. The van der Waals surface area contributed by atoms with Crippen molar-refractivity contribution in [3.05, 3.63) is 48.3 Å². The molecule has 27 heavy (non-hydrogen) atoms. The topological polar surface area (TPSA) is 119 Å². The van der Waals surface area contributed by atoms with Gasteiger partial charge in [-0.25, -0.2) is 0 Å². The number of halogens is 1. The number of ketones is 1. The van der Waals surface area contributed by atoms with Crippen LogP contribution in [0.3, 0.4) is 0 Å². The fraction of sp³-hybridized carbons (Fsp3) is 0.222. The van der Waals surface area contributed by atoms with Crippen molar-refractivity contribution in [2.24, 2.45) is 0 Å². The van der Waals surface area contributed by atoms with Crippen LogP contribution in [0.15, 0.2) is 47.2 Å². The Morgan fingerprint density at radius 3 is 2.70 bits per heavy atom. The van der Waals surface area contributed by atoms with Gasteiger partial charge in [0.05, 0.1) is 18.8 Å². The van der Waals surface area contributed by atoms with Crippen molar-refractivity contribution in [2.75, 3.05) is 13.2 Å². The SMILES string of the molecule is O=C1c2cc(-c3nc(-c4cccnc4)no3)ccc2OC(CO)(CO)C1Br. The maximum absolute atomic E-state index is 12.7. The van der Waals surface area contributed by atoms with E-state index in [4.69, 9.17) is 9.26 Å². The van der Waals surface area contributed by atoms with Crippen molar-refractivity contribution in [3.8, 4) is 28.6 Å². The summed E-state index contributed by atoms with van der Waals surface area (Å²) >= 11 is 3.23. The van der Waals surface area contributed by atoms with Crippen LogP contribution in [0.1, 0.15) is 10.4 Å². The molecule has 0 saturated heterocycles. The second-order valence-electron chi connectivity index (χ2n) is 6.09. The van der Waals surface area contributed by atoms with Gasteiger partial charge in [-0.2, -0.15) is 4.98 Å². The summed E-state index contributed by atoms with van der Waals surface area (Å²) in [5, 5.41) is 23.1. The molecule has 0 saturated carbocycles. The molecule has 2 N–H and O–H groups in total. The smallest absolute Gasteiger partial charge is 0.258 e. The maximum atomic E-state index is 12.7. The third-order valence-corrected chi connectivity index (χ3v) is 5.63. The van der Waals surface area contributed by atoms with E-state index in [1.165, 1.54) is 0 Å². The Kier molecular flexibility index (Phi) is 4.50. The molecule has 0 bridgehead atoms. The van der Waals surface area contributed by atoms with Gasteiger partial charge in [-0.1, -0.05) is 21.1 Å². The number of pyridine rings is 1. The van der Waals surface area contributed by atoms with Crippen LogP contribution < -0.4 is 4.74 Å². The number of fused-ring (bicyclic) bond motifs is 1. The van der Waals surface area contributed by atoms with E-state index in [0.29, 0.717) is 22.5 Å². The highest BCUT2D eigenvalue weighted by Gasteiger charge is 2.48. The Balaban J connectivity index is 1.71. The van der Waals surface area contributed by atoms with Gasteiger partial charge >= 0.3 is 0 Å². The van der Waals surface area contributed by atoms with Gasteiger partial charge in [-0.3, -0.25) is 9.78 Å². The highest BCUT2D eigenvalue weighted by atomic mass is 79.9. The van der Waals surface area contributed by atoms with Crippen LogP contribution in [-0.4, -0.2) is 54.8 Å². The number of carbonyl (C=O) groups is 1. The number of hydrogen-bond donors (Lipinski definition) is 2. The first kappa shape index (κ1) is 17.8. The minimum absolute atomic E-state index is 0.247. The highest BCUT2D eigenvalue weighted by molar-refractivity contribution is 9.10. The Hall–Kier alpha value is -2.62. The lowest BCUT2D eigenvalue weighted by Crippen LogP contribution is -2.57. The quantitative estimate of drug-likeness (QED) is 0.600. The van der Waals surface area contributed by atoms with Crippen LogP contribution in [0.5, 0.6) is 5.75 Å². The van der Waals surface area contributed by atoms with E-state index in [2.05, 4.69) is 31.1 Å². The van der Waals surface area contributed by atoms with Gasteiger partial charge in [0.15, 0.2) is 11.4 Å². The van der Waals surface area contributed by atoms with Crippen molar-refractivity contribution in [1.82, 2.24) is 15.1 Å². The minimum Gasteiger partial charge on any atom is -0.480 e. The summed E-state index contributed by atoms with van der Waals surface area (Å²) in [5.74, 6) is 0.593. The summed E-state index contributed by atoms with van der Waals surface area (Å²) in [6.45, 7) is -1.02. The van der Waals surface area contributed by atoms with Crippen molar-refractivity contribution in [2.45, 2.75) is 10.4 Å². The number of Topliss-reactive ketones (excluding diaryl/α,β-unsaturated/α-hetero) is 1. The van der Waals surface area contributed by atoms with Gasteiger partial charge < -0.3 is 19.5 Å². The number of hydrogen-bond acceptors (Lipinski definition) is 8. The lowest BCUT2D eigenvalue weighted by molar-refractivity contribution is -0.0350. The molecular weight excluding hydrogens is 418 g/mol. The average molecular weight is 432 g/mol. The number of carbonyl (C=O) groups excluding carboxylic acids is 1. The summed E-state index contributed by atoms with van der Waals surface area (Å²) in [6, 6.07) is 8.41. The molecule has 1 aliphatic rings. The number of alkyl halides is 1. The fourth-order valence-electron chi connectivity index (χ4n) is 2.82. The Bertz CT molecular complexity index is 988. The van der Waals surface area contributed by atoms with Crippen LogP contribution in [0.4, 0.5) is 0 Å². The number of ether oxygens (including phenoxy) is 1. The molecule has 1 aliphatic heterocycles. The lowest BCUT2D eigenvalue weighted by Gasteiger charge is -2.38. The number of aliphatic hydroxyl groups excluding tert-OH is 2. The third kappa shape index (κ3) is 2.93. The largest absolute Gasteiger partial charge is 0.480 e. The van der Waals surface area contributed by atoms with Crippen molar-refractivity contribution >= 4 is 21.7 Å². The van der Waals surface area contributed by atoms with Gasteiger partial charge in [0.25, 0.3) is 5.89 Å². The zero-order valence-corrected chi connectivity index (χ0v) is 15.5. The van der Waals surface area contributed by atoms with E-state index in [0.717, 1.165) is 0 Å². The fourth-order valence-corrected chi connectivity index (χ4v) is 3.45. The molecule has 8 nitrogen and oxygen atoms in total. The van der Waals surface area contributed by atoms with Crippen LogP contribution in [0.25, 0.3) is 22.8 Å². The molecule has 1 unspecified atom stereocenters.